The van der Waals surface area contributed by atoms with Crippen LogP contribution in [0.3, 0.4) is 0 Å². The summed E-state index contributed by atoms with van der Waals surface area (Å²) in [5.74, 6) is -4.95. The van der Waals surface area contributed by atoms with Gasteiger partial charge in [-0.2, -0.15) is 5.10 Å². The first-order chi connectivity index (χ1) is 28.8. The number of hydrogen-bond acceptors (Lipinski definition) is 10. The fraction of sp³-hybridized carbons (Fsp3) is 0.500. The summed E-state index contributed by atoms with van der Waals surface area (Å²) in [5, 5.41) is 5.15. The van der Waals surface area contributed by atoms with E-state index in [1.807, 2.05) is 12.2 Å². The first-order valence-electron chi connectivity index (χ1n) is 20.6. The predicted octanol–water partition coefficient (Wildman–Crippen LogP) is 7.42. The van der Waals surface area contributed by atoms with Gasteiger partial charge in [0.2, 0.25) is 11.8 Å². The number of fused-ring (bicyclic) bond motifs is 5. The zero-order chi connectivity index (χ0) is 43.5. The number of hydrogen-bond donors (Lipinski definition) is 0. The molecule has 3 fully saturated rings. The molecule has 4 heterocycles. The number of aromatic nitrogens is 3. The molecule has 2 aliphatic heterocycles. The first-order valence-corrected chi connectivity index (χ1v) is 22.2. The highest BCUT2D eigenvalue weighted by Crippen LogP contribution is 2.58. The van der Waals surface area contributed by atoms with E-state index < -0.39 is 79.2 Å². The van der Waals surface area contributed by atoms with Crippen LogP contribution in [0.25, 0.3) is 21.7 Å². The number of pyridine rings is 1. The van der Waals surface area contributed by atoms with Gasteiger partial charge in [-0.1, -0.05) is 25.0 Å². The number of rotatable bonds is 10. The summed E-state index contributed by atoms with van der Waals surface area (Å²) >= 11 is 0. The van der Waals surface area contributed by atoms with Crippen LogP contribution in [0.2, 0.25) is 0 Å². The number of benzene rings is 2. The topological polar surface area (TPSA) is 155 Å². The van der Waals surface area contributed by atoms with E-state index in [-0.39, 0.29) is 66.4 Å². The number of amides is 1. The number of ether oxygens (including phenoxy) is 2. The molecule has 2 aromatic carbocycles. The Balaban J connectivity index is 1.14. The molecular formula is C44H46F4N4O8S. The molecule has 12 nitrogen and oxygen atoms in total. The van der Waals surface area contributed by atoms with Gasteiger partial charge in [0.15, 0.2) is 27.2 Å². The number of nitrogens with zero attached hydrogens (tertiary/aromatic N) is 4. The summed E-state index contributed by atoms with van der Waals surface area (Å²) in [6, 6.07) is 7.70. The van der Waals surface area contributed by atoms with Gasteiger partial charge in [0.05, 0.1) is 22.9 Å². The van der Waals surface area contributed by atoms with Crippen molar-refractivity contribution in [3.63, 3.8) is 0 Å². The molecular weight excluding hydrogens is 821 g/mol. The molecule has 324 valence electrons. The Hall–Kier alpha value is -5.19. The third-order valence-corrected chi connectivity index (χ3v) is 15.5. The monoisotopic (exact) mass is 866 g/mol. The fourth-order valence-electron chi connectivity index (χ4n) is 8.95. The average molecular weight is 867 g/mol. The molecule has 0 unspecified atom stereocenters. The van der Waals surface area contributed by atoms with Gasteiger partial charge in [0.1, 0.15) is 29.1 Å². The lowest BCUT2D eigenvalue weighted by Crippen LogP contribution is -2.45. The van der Waals surface area contributed by atoms with E-state index in [9.17, 15) is 45.2 Å². The van der Waals surface area contributed by atoms with Crippen molar-refractivity contribution in [2.75, 3.05) is 12.3 Å². The maximum atomic E-state index is 14.8. The van der Waals surface area contributed by atoms with Crippen LogP contribution >= 0.6 is 0 Å². The van der Waals surface area contributed by atoms with Crippen molar-refractivity contribution >= 4 is 54.8 Å². The number of halogens is 4. The second-order valence-corrected chi connectivity index (χ2v) is 19.8. The van der Waals surface area contributed by atoms with E-state index >= 15 is 0 Å². The summed E-state index contributed by atoms with van der Waals surface area (Å²) in [6.07, 6.45) is 3.36. The van der Waals surface area contributed by atoms with Crippen LogP contribution in [0.1, 0.15) is 88.0 Å². The van der Waals surface area contributed by atoms with Crippen molar-refractivity contribution in [2.24, 2.45) is 24.3 Å². The van der Waals surface area contributed by atoms with Crippen LogP contribution in [0.5, 0.6) is 11.6 Å². The molecule has 0 bridgehead atoms. The van der Waals surface area contributed by atoms with Crippen molar-refractivity contribution in [3.05, 3.63) is 72.3 Å². The van der Waals surface area contributed by atoms with Gasteiger partial charge in [-0.3, -0.25) is 23.9 Å². The normalized spacial score (nSPS) is 26.2. The van der Waals surface area contributed by atoms with Gasteiger partial charge >= 0.3 is 6.36 Å². The SMILES string of the molecule is Cn1ccc(C(=O)C[C@H]2CCCCC/C=C\[C@@H]3C[C@@]3(C(=O)CS(=O)(=O)C3(C)CC3)CC(=O)[C@@H]3C[C@@H](Oc4nc5cc(OC(F)(F)F)ccc5c5cc(F)ccc45)CN3C2=O)n1. The smallest absolute Gasteiger partial charge is 0.472 e. The van der Waals surface area contributed by atoms with E-state index in [1.54, 1.807) is 26.2 Å². The maximum absolute atomic E-state index is 14.8. The second-order valence-electron chi connectivity index (χ2n) is 17.3. The van der Waals surface area contributed by atoms with Gasteiger partial charge in [-0.05, 0) is 93.2 Å². The summed E-state index contributed by atoms with van der Waals surface area (Å²) in [4.78, 5) is 63.0. The highest BCUT2D eigenvalue weighted by Gasteiger charge is 2.62. The Morgan fingerprint density at radius 3 is 2.49 bits per heavy atom. The van der Waals surface area contributed by atoms with E-state index in [0.717, 1.165) is 25.0 Å². The van der Waals surface area contributed by atoms with Gasteiger partial charge in [0, 0.05) is 60.7 Å². The van der Waals surface area contributed by atoms with E-state index in [0.29, 0.717) is 42.9 Å². The van der Waals surface area contributed by atoms with Crippen LogP contribution in [0, 0.1) is 23.1 Å². The highest BCUT2D eigenvalue weighted by atomic mass is 32.2. The molecule has 1 amide bonds. The Kier molecular flexibility index (Phi) is 11.1. The van der Waals surface area contributed by atoms with E-state index in [1.165, 1.54) is 33.8 Å². The third kappa shape index (κ3) is 8.80. The quantitative estimate of drug-likeness (QED) is 0.0681. The Labute approximate surface area is 349 Å². The molecule has 4 aliphatic rings. The Bertz CT molecular complexity index is 2570. The molecule has 0 spiro atoms. The summed E-state index contributed by atoms with van der Waals surface area (Å²) in [6.45, 7) is 1.47. The Morgan fingerprint density at radius 1 is 1.00 bits per heavy atom. The highest BCUT2D eigenvalue weighted by molar-refractivity contribution is 7.93. The molecule has 5 atom stereocenters. The van der Waals surface area contributed by atoms with E-state index in [2.05, 4.69) is 14.8 Å². The zero-order valence-corrected chi connectivity index (χ0v) is 34.6. The summed E-state index contributed by atoms with van der Waals surface area (Å²) in [7, 11) is -2.12. The minimum absolute atomic E-state index is 0.00578. The number of carbonyl (C=O) groups excluding carboxylic acids is 4. The lowest BCUT2D eigenvalue weighted by atomic mass is 9.88. The van der Waals surface area contributed by atoms with Crippen LogP contribution in [0.15, 0.2) is 60.8 Å². The zero-order valence-electron chi connectivity index (χ0n) is 33.8. The van der Waals surface area contributed by atoms with Crippen LogP contribution < -0.4 is 9.47 Å². The minimum Gasteiger partial charge on any atom is -0.472 e. The molecule has 17 heteroatoms. The molecule has 61 heavy (non-hydrogen) atoms. The Morgan fingerprint density at radius 2 is 1.77 bits per heavy atom. The lowest BCUT2D eigenvalue weighted by Gasteiger charge is -2.29. The molecule has 0 radical (unpaired) electrons. The standard InChI is InChI=1S/C44H46F4N4O8S/c1-42(15-16-42)61(57,58)25-39(55)43-22-27(43)9-7-5-3-4-6-8-26(18-37(53)34-14-17-51(2)50-34)41(56)52-24-30(21-36(52)38(54)23-43)59-40-32-12-10-28(45)19-33(32)31-13-11-29(20-35(31)49-40)60-44(46,47)48/h7,9-14,17,19-20,26-27,30,36H,3-6,8,15-16,18,21-25H2,1-2H3/b9-7-/t26-,27-,30-,36+,43-/m1/s1. The molecule has 2 aromatic heterocycles. The first kappa shape index (κ1) is 42.5. The van der Waals surface area contributed by atoms with Gasteiger partial charge in [-0.25, -0.2) is 17.8 Å². The molecule has 2 aliphatic carbocycles. The van der Waals surface area contributed by atoms with Crippen molar-refractivity contribution in [1.29, 1.82) is 0 Å². The molecule has 0 N–H and O–H groups in total. The number of ketones is 3. The maximum Gasteiger partial charge on any atom is 0.573 e. The van der Waals surface area contributed by atoms with Crippen molar-refractivity contribution in [1.82, 2.24) is 19.7 Å². The molecule has 4 aromatic rings. The number of carbonyl (C=O) groups is 4. The van der Waals surface area contributed by atoms with Crippen molar-refractivity contribution in [2.45, 2.75) is 101 Å². The van der Waals surface area contributed by atoms with Crippen LogP contribution in [-0.4, -0.2) is 86.9 Å². The van der Waals surface area contributed by atoms with Crippen molar-refractivity contribution < 1.29 is 54.6 Å². The number of sulfone groups is 1. The average Bonchev–Trinajstić information content (AvgIpc) is 3.99. The largest absolute Gasteiger partial charge is 0.573 e. The number of alkyl halides is 3. The number of allylic oxidation sites excluding steroid dienone is 2. The summed E-state index contributed by atoms with van der Waals surface area (Å²) < 4.78 is 91.9. The predicted molar refractivity (Wildman–Crippen MR) is 215 cm³/mol. The van der Waals surface area contributed by atoms with Gasteiger partial charge in [-0.15, -0.1) is 13.2 Å². The fourth-order valence-corrected chi connectivity index (χ4v) is 10.7. The van der Waals surface area contributed by atoms with Crippen molar-refractivity contribution in [3.8, 4) is 11.6 Å². The second kappa shape index (κ2) is 15.9. The molecule has 2 saturated carbocycles. The minimum atomic E-state index is -4.99. The number of Topliss-reactive ketones (excluding diaryl/α,β-unsaturated/α-hetero) is 3. The number of aryl methyl sites for hydroxylation is 1. The molecule has 8 rings (SSSR count). The van der Waals surface area contributed by atoms with Gasteiger partial charge in [0.25, 0.3) is 0 Å². The third-order valence-electron chi connectivity index (χ3n) is 12.9. The van der Waals surface area contributed by atoms with Gasteiger partial charge < -0.3 is 14.4 Å². The molecule has 1 saturated heterocycles. The van der Waals surface area contributed by atoms with E-state index in [4.69, 9.17) is 4.74 Å². The lowest BCUT2D eigenvalue weighted by molar-refractivity contribution is -0.274. The van der Waals surface area contributed by atoms with Crippen LogP contribution in [0.4, 0.5) is 17.6 Å². The summed E-state index contributed by atoms with van der Waals surface area (Å²) in [5.41, 5.74) is -1.08. The van der Waals surface area contributed by atoms with Crippen LogP contribution in [-0.2, 0) is 31.3 Å².